The fourth-order valence-electron chi connectivity index (χ4n) is 3.19. The zero-order valence-electron chi connectivity index (χ0n) is 17.5. The molecule has 6 heteroatoms. The lowest BCUT2D eigenvalue weighted by molar-refractivity contribution is -0.156. The van der Waals surface area contributed by atoms with E-state index < -0.39 is 14.4 Å². The van der Waals surface area contributed by atoms with Crippen LogP contribution in [0.4, 0.5) is 0 Å². The van der Waals surface area contributed by atoms with Crippen LogP contribution in [0.1, 0.15) is 32.8 Å². The van der Waals surface area contributed by atoms with Crippen molar-refractivity contribution in [2.24, 2.45) is 0 Å². The Morgan fingerprint density at radius 1 is 1.25 bits per heavy atom. The molecule has 1 aromatic carbocycles. The van der Waals surface area contributed by atoms with Gasteiger partial charge in [-0.2, -0.15) is 5.48 Å². The Morgan fingerprint density at radius 3 is 2.57 bits per heavy atom. The van der Waals surface area contributed by atoms with Gasteiger partial charge >= 0.3 is 5.97 Å². The van der Waals surface area contributed by atoms with Crippen LogP contribution in [0, 0.1) is 0 Å². The maximum Gasteiger partial charge on any atom is 0.308 e. The smallest absolute Gasteiger partial charge is 0.308 e. The lowest BCUT2D eigenvalue weighted by Crippen LogP contribution is -2.51. The van der Waals surface area contributed by atoms with Crippen molar-refractivity contribution in [2.75, 3.05) is 0 Å². The molecule has 0 radical (unpaired) electrons. The molecule has 1 fully saturated rings. The lowest BCUT2D eigenvalue weighted by Gasteiger charge is -2.41. The first-order valence-electron chi connectivity index (χ1n) is 9.77. The summed E-state index contributed by atoms with van der Waals surface area (Å²) in [7, 11) is -2.04. The first kappa shape index (κ1) is 21.0. The van der Waals surface area contributed by atoms with Crippen molar-refractivity contribution in [3.8, 4) is 0 Å². The maximum absolute atomic E-state index is 12.2. The summed E-state index contributed by atoms with van der Waals surface area (Å²) >= 11 is 0. The molecule has 1 aliphatic heterocycles. The Hall–Kier alpha value is -1.73. The molecule has 1 heterocycles. The van der Waals surface area contributed by atoms with Gasteiger partial charge in [-0.25, -0.2) is 0 Å². The van der Waals surface area contributed by atoms with Gasteiger partial charge in [0.1, 0.15) is 6.10 Å². The third-order valence-electron chi connectivity index (χ3n) is 5.89. The van der Waals surface area contributed by atoms with Gasteiger partial charge in [-0.1, -0.05) is 63.8 Å². The van der Waals surface area contributed by atoms with E-state index >= 15 is 0 Å². The fourth-order valence-corrected chi connectivity index (χ4v) is 4.46. The molecule has 28 heavy (non-hydrogen) atoms. The Bertz CT molecular complexity index is 766. The van der Waals surface area contributed by atoms with Crippen molar-refractivity contribution in [3.05, 3.63) is 59.7 Å². The van der Waals surface area contributed by atoms with Crippen molar-refractivity contribution < 1.29 is 18.8 Å². The zero-order chi connectivity index (χ0) is 20.5. The van der Waals surface area contributed by atoms with Crippen LogP contribution in [0.5, 0.6) is 0 Å². The molecule has 0 saturated carbocycles. The zero-order valence-corrected chi connectivity index (χ0v) is 18.5. The van der Waals surface area contributed by atoms with Gasteiger partial charge in [-0.05, 0) is 34.8 Å². The summed E-state index contributed by atoms with van der Waals surface area (Å²) in [6.45, 7) is 15.6. The van der Waals surface area contributed by atoms with E-state index in [4.69, 9.17) is 14.0 Å². The molecule has 152 valence electrons. The molecule has 3 atom stereocenters. The molecule has 0 spiro atoms. The largest absolute Gasteiger partial charge is 0.455 e. The van der Waals surface area contributed by atoms with Gasteiger partial charge < -0.3 is 9.16 Å². The first-order chi connectivity index (χ1) is 13.1. The average Bonchev–Trinajstić information content (AvgIpc) is 2.90. The van der Waals surface area contributed by atoms with E-state index in [-0.39, 0.29) is 29.6 Å². The van der Waals surface area contributed by atoms with Crippen LogP contribution in [0.25, 0.3) is 0 Å². The van der Waals surface area contributed by atoms with Gasteiger partial charge in [-0.3, -0.25) is 9.63 Å². The monoisotopic (exact) mass is 401 g/mol. The number of carbonyl (C=O) groups is 1. The normalized spacial score (nSPS) is 25.3. The van der Waals surface area contributed by atoms with Crippen molar-refractivity contribution in [2.45, 2.75) is 70.2 Å². The van der Waals surface area contributed by atoms with Crippen molar-refractivity contribution in [1.82, 2.24) is 5.48 Å². The number of ether oxygens (including phenoxy) is 1. The number of rotatable bonds is 6. The van der Waals surface area contributed by atoms with Crippen LogP contribution in [0.2, 0.25) is 18.1 Å². The van der Waals surface area contributed by atoms with Crippen molar-refractivity contribution in [3.63, 3.8) is 0 Å². The molecule has 5 nitrogen and oxygen atoms in total. The number of hydroxylamine groups is 1. The highest BCUT2D eigenvalue weighted by atomic mass is 28.4. The number of hydrogen-bond donors (Lipinski definition) is 1. The van der Waals surface area contributed by atoms with Crippen LogP contribution in [0.15, 0.2) is 54.1 Å². The molecule has 0 amide bonds. The molecule has 1 saturated heterocycles. The third kappa shape index (κ3) is 4.46. The molecule has 1 aliphatic carbocycles. The van der Waals surface area contributed by atoms with E-state index in [1.807, 2.05) is 36.4 Å². The van der Waals surface area contributed by atoms with Gasteiger partial charge in [0.2, 0.25) is 0 Å². The Balaban J connectivity index is 1.68. The summed E-state index contributed by atoms with van der Waals surface area (Å²) < 4.78 is 12.2. The van der Waals surface area contributed by atoms with Crippen LogP contribution >= 0.6 is 0 Å². The van der Waals surface area contributed by atoms with E-state index in [9.17, 15) is 4.79 Å². The lowest BCUT2D eigenvalue weighted by atomic mass is 9.98. The number of carbonyl (C=O) groups excluding carboxylic acids is 1. The third-order valence-corrected chi connectivity index (χ3v) is 10.3. The average molecular weight is 402 g/mol. The van der Waals surface area contributed by atoms with Crippen molar-refractivity contribution >= 4 is 14.3 Å². The van der Waals surface area contributed by atoms with Crippen LogP contribution in [-0.2, 0) is 25.4 Å². The fraction of sp³-hybridized carbons (Fsp3) is 0.500. The molecule has 0 aromatic heterocycles. The molecule has 0 bridgehead atoms. The van der Waals surface area contributed by atoms with Crippen LogP contribution in [-0.4, -0.2) is 32.5 Å². The van der Waals surface area contributed by atoms with Crippen LogP contribution < -0.4 is 5.48 Å². The summed E-state index contributed by atoms with van der Waals surface area (Å²) in [5.74, 6) is -0.249. The Kier molecular flexibility index (Phi) is 5.96. The van der Waals surface area contributed by atoms with Gasteiger partial charge in [0.05, 0.1) is 19.1 Å². The van der Waals surface area contributed by atoms with E-state index in [0.717, 1.165) is 16.7 Å². The van der Waals surface area contributed by atoms with Gasteiger partial charge in [0, 0.05) is 0 Å². The number of nitrogens with one attached hydrogen (secondary N) is 1. The predicted molar refractivity (Wildman–Crippen MR) is 112 cm³/mol. The second-order valence-electron chi connectivity index (χ2n) is 9.08. The predicted octanol–water partition coefficient (Wildman–Crippen LogP) is 4.28. The SMILES string of the molecule is C=C1C=C2[C@H](NOCc3ccccc3)CC(=O)O[C@@H]2[C@H]1O[Si](C)(C)C(C)(C)C. The number of fused-ring (bicyclic) bond motifs is 1. The summed E-state index contributed by atoms with van der Waals surface area (Å²) in [6.07, 6.45) is 1.48. The summed E-state index contributed by atoms with van der Waals surface area (Å²) in [5.41, 5.74) is 5.94. The molecule has 2 aliphatic rings. The standard InChI is InChI=1S/C22H31NO4Si/c1-15-12-17-18(23-25-14-16-10-8-7-9-11-16)13-19(24)26-21(17)20(15)27-28(5,6)22(2,3)4/h7-12,18,20-21,23H,1,13-14H2,2-6H3/t18-,20+,21+/m1/s1. The molecule has 3 rings (SSSR count). The van der Waals surface area contributed by atoms with E-state index in [2.05, 4.69) is 45.9 Å². The highest BCUT2D eigenvalue weighted by molar-refractivity contribution is 6.74. The molecular weight excluding hydrogens is 370 g/mol. The minimum Gasteiger partial charge on any atom is -0.455 e. The maximum atomic E-state index is 12.2. The number of hydrogen-bond acceptors (Lipinski definition) is 5. The van der Waals surface area contributed by atoms with E-state index in [1.54, 1.807) is 0 Å². The van der Waals surface area contributed by atoms with Crippen LogP contribution in [0.3, 0.4) is 0 Å². The number of esters is 1. The highest BCUT2D eigenvalue weighted by Gasteiger charge is 2.48. The van der Waals surface area contributed by atoms with E-state index in [0.29, 0.717) is 6.61 Å². The first-order valence-corrected chi connectivity index (χ1v) is 12.7. The van der Waals surface area contributed by atoms with E-state index in [1.165, 1.54) is 0 Å². The van der Waals surface area contributed by atoms with Crippen molar-refractivity contribution in [1.29, 1.82) is 0 Å². The minimum absolute atomic E-state index is 0.0607. The summed E-state index contributed by atoms with van der Waals surface area (Å²) in [4.78, 5) is 17.9. The topological polar surface area (TPSA) is 56.8 Å². The molecular formula is C22H31NO4Si. The Morgan fingerprint density at radius 2 is 1.93 bits per heavy atom. The minimum atomic E-state index is -2.04. The number of benzene rings is 1. The second-order valence-corrected chi connectivity index (χ2v) is 13.8. The van der Waals surface area contributed by atoms with Gasteiger partial charge in [-0.15, -0.1) is 0 Å². The van der Waals surface area contributed by atoms with Gasteiger partial charge in [0.25, 0.3) is 0 Å². The second kappa shape index (κ2) is 7.95. The summed E-state index contributed by atoms with van der Waals surface area (Å²) in [6, 6.07) is 9.67. The molecule has 1 aromatic rings. The summed E-state index contributed by atoms with van der Waals surface area (Å²) in [5, 5.41) is 0.0607. The highest BCUT2D eigenvalue weighted by Crippen LogP contribution is 2.42. The Labute approximate surface area is 168 Å². The van der Waals surface area contributed by atoms with Gasteiger partial charge in [0.15, 0.2) is 14.4 Å². The molecule has 1 N–H and O–H groups in total. The molecule has 0 unspecified atom stereocenters. The quantitative estimate of drug-likeness (QED) is 0.438.